The largest absolute Gasteiger partial charge is 0.392 e. The van der Waals surface area contributed by atoms with E-state index in [9.17, 15) is 13.5 Å². The average molecular weight is 278 g/mol. The van der Waals surface area contributed by atoms with Crippen LogP contribution in [0, 0.1) is 0 Å². The molecule has 0 aliphatic rings. The summed E-state index contributed by atoms with van der Waals surface area (Å²) in [5.41, 5.74) is 1.48. The number of sulfone groups is 1. The molecule has 4 nitrogen and oxygen atoms in total. The first-order valence-electron chi connectivity index (χ1n) is 5.11. The fraction of sp³-hybridized carbons (Fsp3) is 0.455. The Kier molecular flexibility index (Phi) is 4.80. The van der Waals surface area contributed by atoms with Crippen molar-refractivity contribution < 1.29 is 13.5 Å². The first kappa shape index (κ1) is 14.3. The van der Waals surface area contributed by atoms with Crippen LogP contribution >= 0.6 is 11.6 Å². The molecule has 0 aromatic heterocycles. The molecule has 0 heterocycles. The number of aliphatic hydroxyl groups excluding tert-OH is 1. The van der Waals surface area contributed by atoms with E-state index in [1.807, 2.05) is 0 Å². The molecule has 0 amide bonds. The monoisotopic (exact) mass is 277 g/mol. The lowest BCUT2D eigenvalue weighted by atomic mass is 10.1. The summed E-state index contributed by atoms with van der Waals surface area (Å²) >= 11 is 5.82. The number of hydrogen-bond acceptors (Lipinski definition) is 4. The molecule has 1 aromatic carbocycles. The van der Waals surface area contributed by atoms with Crippen molar-refractivity contribution in [3.8, 4) is 0 Å². The van der Waals surface area contributed by atoms with Gasteiger partial charge < -0.3 is 10.0 Å². The summed E-state index contributed by atoms with van der Waals surface area (Å²) in [5, 5.41) is 9.77. The van der Waals surface area contributed by atoms with Gasteiger partial charge in [-0.2, -0.15) is 0 Å². The number of benzene rings is 1. The lowest BCUT2D eigenvalue weighted by Gasteiger charge is -2.21. The summed E-state index contributed by atoms with van der Waals surface area (Å²) in [4.78, 5) is 1.79. The van der Waals surface area contributed by atoms with Crippen LogP contribution in [-0.4, -0.2) is 39.1 Å². The van der Waals surface area contributed by atoms with E-state index in [1.165, 1.54) is 6.26 Å². The van der Waals surface area contributed by atoms with Crippen LogP contribution in [-0.2, 0) is 16.4 Å². The molecule has 0 fully saturated rings. The molecule has 0 spiro atoms. The molecule has 0 bridgehead atoms. The van der Waals surface area contributed by atoms with Crippen molar-refractivity contribution in [1.82, 2.24) is 0 Å². The highest BCUT2D eigenvalue weighted by Crippen LogP contribution is 2.23. The molecule has 1 aromatic rings. The molecule has 6 heteroatoms. The number of anilines is 1. The summed E-state index contributed by atoms with van der Waals surface area (Å²) in [7, 11) is -1.20. The van der Waals surface area contributed by atoms with Gasteiger partial charge in [-0.25, -0.2) is 8.42 Å². The van der Waals surface area contributed by atoms with Crippen molar-refractivity contribution in [2.24, 2.45) is 0 Å². The quantitative estimate of drug-likeness (QED) is 0.882. The van der Waals surface area contributed by atoms with E-state index in [0.29, 0.717) is 17.1 Å². The molecule has 0 aliphatic heterocycles. The van der Waals surface area contributed by atoms with Crippen molar-refractivity contribution in [2.75, 3.05) is 30.5 Å². The summed E-state index contributed by atoms with van der Waals surface area (Å²) < 4.78 is 22.2. The van der Waals surface area contributed by atoms with E-state index in [2.05, 4.69) is 0 Å². The zero-order valence-corrected chi connectivity index (χ0v) is 11.4. The second kappa shape index (κ2) is 5.71. The minimum Gasteiger partial charge on any atom is -0.392 e. The van der Waals surface area contributed by atoms with Crippen LogP contribution in [0.15, 0.2) is 18.2 Å². The van der Waals surface area contributed by atoms with Gasteiger partial charge >= 0.3 is 0 Å². The van der Waals surface area contributed by atoms with Gasteiger partial charge in [-0.05, 0) is 18.2 Å². The van der Waals surface area contributed by atoms with Gasteiger partial charge in [-0.1, -0.05) is 11.6 Å². The molecule has 0 atom stereocenters. The predicted octanol–water partition coefficient (Wildman–Crippen LogP) is 1.31. The third-order valence-corrected chi connectivity index (χ3v) is 3.58. The number of aliphatic hydroxyl groups is 1. The van der Waals surface area contributed by atoms with Crippen LogP contribution in [0.1, 0.15) is 5.56 Å². The maximum atomic E-state index is 11.1. The van der Waals surface area contributed by atoms with Gasteiger partial charge in [0.05, 0.1) is 12.4 Å². The topological polar surface area (TPSA) is 57.6 Å². The fourth-order valence-corrected chi connectivity index (χ4v) is 2.28. The van der Waals surface area contributed by atoms with Crippen LogP contribution in [0.4, 0.5) is 5.69 Å². The normalized spacial score (nSPS) is 11.5. The van der Waals surface area contributed by atoms with Crippen molar-refractivity contribution in [3.63, 3.8) is 0 Å². The predicted molar refractivity (Wildman–Crippen MR) is 70.4 cm³/mol. The van der Waals surface area contributed by atoms with Crippen molar-refractivity contribution >= 4 is 27.1 Å². The highest BCUT2D eigenvalue weighted by atomic mass is 35.5. The van der Waals surface area contributed by atoms with E-state index in [-0.39, 0.29) is 12.4 Å². The van der Waals surface area contributed by atoms with Gasteiger partial charge in [0.1, 0.15) is 9.84 Å². The molecule has 96 valence electrons. The fourth-order valence-electron chi connectivity index (χ4n) is 1.48. The minimum atomic E-state index is -2.99. The summed E-state index contributed by atoms with van der Waals surface area (Å²) in [6, 6.07) is 5.16. The van der Waals surface area contributed by atoms with Crippen molar-refractivity contribution in [1.29, 1.82) is 0 Å². The van der Waals surface area contributed by atoms with Crippen LogP contribution in [0.5, 0.6) is 0 Å². The second-order valence-corrected chi connectivity index (χ2v) is 6.68. The SMILES string of the molecule is CN(CCS(C)(=O)=O)c1ccc(Cl)cc1CO. The minimum absolute atomic E-state index is 0.0804. The lowest BCUT2D eigenvalue weighted by molar-refractivity contribution is 0.282. The second-order valence-electron chi connectivity index (χ2n) is 3.98. The molecular weight excluding hydrogens is 262 g/mol. The number of halogens is 1. The van der Waals surface area contributed by atoms with Crippen LogP contribution in [0.2, 0.25) is 5.02 Å². The Bertz CT molecular complexity index is 487. The number of nitrogens with zero attached hydrogens (tertiary/aromatic N) is 1. The molecule has 17 heavy (non-hydrogen) atoms. The van der Waals surface area contributed by atoms with Gasteiger partial charge in [-0.3, -0.25) is 0 Å². The maximum absolute atomic E-state index is 11.1. The third kappa shape index (κ3) is 4.53. The van der Waals surface area contributed by atoms with Gasteiger partial charge in [-0.15, -0.1) is 0 Å². The lowest BCUT2D eigenvalue weighted by Crippen LogP contribution is -2.25. The summed E-state index contributed by atoms with van der Waals surface area (Å²) in [6.07, 6.45) is 1.20. The van der Waals surface area contributed by atoms with Crippen LogP contribution in [0.25, 0.3) is 0 Å². The Morgan fingerprint density at radius 2 is 2.06 bits per heavy atom. The van der Waals surface area contributed by atoms with Gasteiger partial charge in [0, 0.05) is 36.1 Å². The van der Waals surface area contributed by atoms with Gasteiger partial charge in [0.2, 0.25) is 0 Å². The van der Waals surface area contributed by atoms with E-state index in [0.717, 1.165) is 5.69 Å². The van der Waals surface area contributed by atoms with Crippen LogP contribution < -0.4 is 4.90 Å². The molecule has 1 rings (SSSR count). The maximum Gasteiger partial charge on any atom is 0.149 e. The van der Waals surface area contributed by atoms with E-state index in [4.69, 9.17) is 11.6 Å². The zero-order valence-electron chi connectivity index (χ0n) is 9.85. The smallest absolute Gasteiger partial charge is 0.149 e. The Hall–Kier alpha value is -0.780. The molecular formula is C11H16ClNO3S. The Labute approximate surface area is 107 Å². The Morgan fingerprint density at radius 3 is 2.59 bits per heavy atom. The first-order valence-corrected chi connectivity index (χ1v) is 7.55. The van der Waals surface area contributed by atoms with Crippen molar-refractivity contribution in [3.05, 3.63) is 28.8 Å². The standard InChI is InChI=1S/C11H16ClNO3S/c1-13(5-6-17(2,15)16)11-4-3-10(12)7-9(11)8-14/h3-4,7,14H,5-6,8H2,1-2H3. The molecule has 0 saturated heterocycles. The number of rotatable bonds is 5. The molecule has 0 aliphatic carbocycles. The molecule has 0 unspecified atom stereocenters. The van der Waals surface area contributed by atoms with Gasteiger partial charge in [0.25, 0.3) is 0 Å². The zero-order chi connectivity index (χ0) is 13.1. The molecule has 1 N–H and O–H groups in total. The third-order valence-electron chi connectivity index (χ3n) is 2.42. The number of hydrogen-bond donors (Lipinski definition) is 1. The first-order chi connectivity index (χ1) is 7.83. The molecule has 0 saturated carbocycles. The average Bonchev–Trinajstić information content (AvgIpc) is 2.24. The molecule has 0 radical (unpaired) electrons. The highest BCUT2D eigenvalue weighted by molar-refractivity contribution is 7.90. The van der Waals surface area contributed by atoms with E-state index in [1.54, 1.807) is 30.1 Å². The van der Waals surface area contributed by atoms with Gasteiger partial charge in [0.15, 0.2) is 0 Å². The Balaban J connectivity index is 2.85. The Morgan fingerprint density at radius 1 is 1.41 bits per heavy atom. The van der Waals surface area contributed by atoms with E-state index < -0.39 is 9.84 Å². The van der Waals surface area contributed by atoms with Crippen LogP contribution in [0.3, 0.4) is 0 Å². The summed E-state index contributed by atoms with van der Waals surface area (Å²) in [6.45, 7) is 0.257. The van der Waals surface area contributed by atoms with E-state index >= 15 is 0 Å². The van der Waals surface area contributed by atoms with Crippen molar-refractivity contribution in [2.45, 2.75) is 6.61 Å². The summed E-state index contributed by atoms with van der Waals surface area (Å²) in [5.74, 6) is 0.0804. The highest BCUT2D eigenvalue weighted by Gasteiger charge is 2.10.